The van der Waals surface area contributed by atoms with Crippen LogP contribution in [0.5, 0.6) is 0 Å². The molecule has 0 bridgehead atoms. The topological polar surface area (TPSA) is 96.6 Å². The maximum Gasteiger partial charge on any atom is 0.253 e. The molecule has 7 nitrogen and oxygen atoms in total. The minimum atomic E-state index is -1.54. The van der Waals surface area contributed by atoms with E-state index in [1.165, 1.54) is 13.1 Å². The van der Waals surface area contributed by atoms with Crippen LogP contribution in [0.25, 0.3) is 0 Å². The van der Waals surface area contributed by atoms with E-state index in [9.17, 15) is 14.4 Å². The molecule has 4 rings (SSSR count). The van der Waals surface area contributed by atoms with Crippen molar-refractivity contribution in [1.82, 2.24) is 9.88 Å². The summed E-state index contributed by atoms with van der Waals surface area (Å²) < 4.78 is 0. The summed E-state index contributed by atoms with van der Waals surface area (Å²) in [6.07, 6.45) is 1.53. The number of hydrogen-bond acceptors (Lipinski definition) is 6. The summed E-state index contributed by atoms with van der Waals surface area (Å²) in [5.41, 5.74) is 5.69. The first-order valence-corrected chi connectivity index (χ1v) is 8.88. The van der Waals surface area contributed by atoms with Gasteiger partial charge >= 0.3 is 0 Å². The van der Waals surface area contributed by atoms with E-state index in [-0.39, 0.29) is 11.7 Å². The van der Waals surface area contributed by atoms with Gasteiger partial charge in [0.25, 0.3) is 5.91 Å². The molecule has 0 radical (unpaired) electrons. The third-order valence-corrected chi connectivity index (χ3v) is 5.23. The number of carbonyl (C=O) groups excluding carboxylic acids is 3. The fourth-order valence-electron chi connectivity index (χ4n) is 3.63. The zero-order valence-corrected chi connectivity index (χ0v) is 15.0. The summed E-state index contributed by atoms with van der Waals surface area (Å²) in [5, 5.41) is 0. The van der Waals surface area contributed by atoms with Crippen LogP contribution in [0.3, 0.4) is 0 Å². The maximum absolute atomic E-state index is 12.7. The van der Waals surface area contributed by atoms with Crippen LogP contribution in [-0.4, -0.2) is 59.1 Å². The van der Waals surface area contributed by atoms with Crippen LogP contribution >= 0.6 is 0 Å². The first-order valence-electron chi connectivity index (χ1n) is 8.88. The lowest BCUT2D eigenvalue weighted by Gasteiger charge is -2.36. The number of aromatic nitrogens is 1. The number of pyridine rings is 1. The number of piperazine rings is 1. The average Bonchev–Trinajstić information content (AvgIpc) is 2.89. The summed E-state index contributed by atoms with van der Waals surface area (Å²) >= 11 is 0. The second-order valence-electron chi connectivity index (χ2n) is 7.06. The highest BCUT2D eigenvalue weighted by atomic mass is 16.2. The maximum atomic E-state index is 12.7. The van der Waals surface area contributed by atoms with E-state index in [1.807, 2.05) is 23.1 Å². The molecule has 0 spiro atoms. The quantitative estimate of drug-likeness (QED) is 0.803. The zero-order chi connectivity index (χ0) is 19.2. The number of nitrogens with two attached hydrogens (primary N) is 1. The van der Waals surface area contributed by atoms with E-state index in [4.69, 9.17) is 5.73 Å². The van der Waals surface area contributed by atoms with Gasteiger partial charge in [0.05, 0.1) is 5.56 Å². The van der Waals surface area contributed by atoms with Crippen molar-refractivity contribution in [2.45, 2.75) is 12.5 Å². The van der Waals surface area contributed by atoms with E-state index < -0.39 is 11.3 Å². The smallest absolute Gasteiger partial charge is 0.253 e. The fraction of sp³-hybridized carbons (Fsp3) is 0.300. The van der Waals surface area contributed by atoms with Gasteiger partial charge in [-0.15, -0.1) is 0 Å². The Labute approximate surface area is 156 Å². The van der Waals surface area contributed by atoms with Crippen molar-refractivity contribution < 1.29 is 14.4 Å². The van der Waals surface area contributed by atoms with Gasteiger partial charge in [-0.2, -0.15) is 0 Å². The second kappa shape index (κ2) is 6.28. The number of nitrogens with zero attached hydrogens (tertiary/aromatic N) is 3. The number of Topliss-reactive ketones (excluding diaryl/α,β-unsaturated/α-hetero) is 2. The highest BCUT2D eigenvalue weighted by Crippen LogP contribution is 2.34. The van der Waals surface area contributed by atoms with Crippen molar-refractivity contribution in [3.63, 3.8) is 0 Å². The number of fused-ring (bicyclic) bond motifs is 1. The van der Waals surface area contributed by atoms with E-state index in [2.05, 4.69) is 4.98 Å². The molecule has 138 valence electrons. The third-order valence-electron chi connectivity index (χ3n) is 5.23. The Morgan fingerprint density at radius 1 is 1.04 bits per heavy atom. The Morgan fingerprint density at radius 3 is 2.37 bits per heavy atom. The number of ketones is 2. The monoisotopic (exact) mass is 364 g/mol. The zero-order valence-electron chi connectivity index (χ0n) is 15.0. The number of benzene rings is 1. The molecular formula is C20H20N4O3. The molecular weight excluding hydrogens is 344 g/mol. The highest BCUT2D eigenvalue weighted by molar-refractivity contribution is 6.33. The lowest BCUT2D eigenvalue weighted by Crippen LogP contribution is -2.50. The Balaban J connectivity index is 1.55. The lowest BCUT2D eigenvalue weighted by atomic mass is 9.98. The van der Waals surface area contributed by atoms with E-state index in [1.54, 1.807) is 23.1 Å². The predicted molar refractivity (Wildman–Crippen MR) is 100 cm³/mol. The van der Waals surface area contributed by atoms with Crippen LogP contribution in [0, 0.1) is 0 Å². The second-order valence-corrected chi connectivity index (χ2v) is 7.06. The summed E-state index contributed by atoms with van der Waals surface area (Å²) in [6, 6.07) is 10.7. The van der Waals surface area contributed by atoms with Gasteiger partial charge in [0, 0.05) is 43.5 Å². The highest BCUT2D eigenvalue weighted by Gasteiger charge is 2.48. The van der Waals surface area contributed by atoms with Crippen LogP contribution in [0.4, 0.5) is 5.82 Å². The van der Waals surface area contributed by atoms with Crippen molar-refractivity contribution in [3.8, 4) is 0 Å². The molecule has 2 aliphatic rings. The Morgan fingerprint density at radius 2 is 1.70 bits per heavy atom. The SMILES string of the molecule is CC1(N)C(=O)c2ccnc(N3CCN(C(=O)c4ccccc4)CC3)c2C1=O. The molecule has 1 amide bonds. The number of amides is 1. The van der Waals surface area contributed by atoms with Crippen LogP contribution < -0.4 is 10.6 Å². The molecule has 1 fully saturated rings. The number of hydrogen-bond donors (Lipinski definition) is 1. The van der Waals surface area contributed by atoms with E-state index in [0.717, 1.165) is 0 Å². The molecule has 1 aliphatic heterocycles. The Bertz CT molecular complexity index is 931. The van der Waals surface area contributed by atoms with Gasteiger partial charge in [-0.3, -0.25) is 14.4 Å². The normalized spacial score (nSPS) is 22.1. The molecule has 1 unspecified atom stereocenters. The van der Waals surface area contributed by atoms with E-state index in [0.29, 0.717) is 48.7 Å². The molecule has 27 heavy (non-hydrogen) atoms. The van der Waals surface area contributed by atoms with Gasteiger partial charge in [-0.25, -0.2) is 4.98 Å². The van der Waals surface area contributed by atoms with Crippen LogP contribution in [0.2, 0.25) is 0 Å². The molecule has 0 saturated carbocycles. The van der Waals surface area contributed by atoms with Crippen LogP contribution in [0.15, 0.2) is 42.6 Å². The number of carbonyl (C=O) groups is 3. The molecule has 2 aromatic rings. The van der Waals surface area contributed by atoms with Gasteiger partial charge in [0.1, 0.15) is 11.4 Å². The third kappa shape index (κ3) is 2.71. The van der Waals surface area contributed by atoms with Crippen molar-refractivity contribution in [2.24, 2.45) is 5.73 Å². The molecule has 1 atom stereocenters. The predicted octanol–water partition coefficient (Wildman–Crippen LogP) is 1.14. The first kappa shape index (κ1) is 17.4. The van der Waals surface area contributed by atoms with Crippen molar-refractivity contribution >= 4 is 23.3 Å². The van der Waals surface area contributed by atoms with Crippen molar-refractivity contribution in [2.75, 3.05) is 31.1 Å². The van der Waals surface area contributed by atoms with Gasteiger partial charge in [-0.05, 0) is 25.1 Å². The van der Waals surface area contributed by atoms with Gasteiger partial charge in [0.15, 0.2) is 11.6 Å². The minimum absolute atomic E-state index is 0.0118. The number of anilines is 1. The molecule has 1 aliphatic carbocycles. The summed E-state index contributed by atoms with van der Waals surface area (Å²) in [5.74, 6) is -0.299. The van der Waals surface area contributed by atoms with Crippen molar-refractivity contribution in [3.05, 3.63) is 59.3 Å². The van der Waals surface area contributed by atoms with Gasteiger partial charge in [0.2, 0.25) is 0 Å². The lowest BCUT2D eigenvalue weighted by molar-refractivity contribution is 0.0744. The van der Waals surface area contributed by atoms with Gasteiger partial charge < -0.3 is 15.5 Å². The van der Waals surface area contributed by atoms with Crippen LogP contribution in [-0.2, 0) is 0 Å². The summed E-state index contributed by atoms with van der Waals surface area (Å²) in [4.78, 5) is 45.8. The molecule has 1 aromatic heterocycles. The summed E-state index contributed by atoms with van der Waals surface area (Å²) in [7, 11) is 0. The minimum Gasteiger partial charge on any atom is -0.352 e. The largest absolute Gasteiger partial charge is 0.352 e. The average molecular weight is 364 g/mol. The summed E-state index contributed by atoms with van der Waals surface area (Å²) in [6.45, 7) is 3.54. The van der Waals surface area contributed by atoms with Gasteiger partial charge in [-0.1, -0.05) is 18.2 Å². The standard InChI is InChI=1S/C20H20N4O3/c1-20(21)16(25)14-7-8-22-18(15(14)17(20)26)23-9-11-24(12-10-23)19(27)13-5-3-2-4-6-13/h2-8H,9-12,21H2,1H3. The molecule has 2 N–H and O–H groups in total. The molecule has 2 heterocycles. The fourth-order valence-corrected chi connectivity index (χ4v) is 3.63. The number of rotatable bonds is 2. The Kier molecular flexibility index (Phi) is 4.04. The van der Waals surface area contributed by atoms with Crippen molar-refractivity contribution in [1.29, 1.82) is 0 Å². The molecule has 1 aromatic carbocycles. The first-order chi connectivity index (χ1) is 12.9. The molecule has 1 saturated heterocycles. The van der Waals surface area contributed by atoms with Crippen LogP contribution in [0.1, 0.15) is 38.0 Å². The Hall–Kier alpha value is -3.06. The van der Waals surface area contributed by atoms with E-state index >= 15 is 0 Å². The molecule has 7 heteroatoms.